The summed E-state index contributed by atoms with van der Waals surface area (Å²) in [6, 6.07) is 16.4. The van der Waals surface area contributed by atoms with E-state index in [2.05, 4.69) is 48.2 Å². The monoisotopic (exact) mass is 404 g/mol. The fourth-order valence-corrected chi connectivity index (χ4v) is 5.07. The van der Waals surface area contributed by atoms with Crippen LogP contribution in [0.15, 0.2) is 48.5 Å². The second-order valence-electron chi connectivity index (χ2n) is 8.83. The first-order valence-corrected chi connectivity index (χ1v) is 11.3. The zero-order valence-electron chi connectivity index (χ0n) is 18.1. The smallest absolute Gasteiger partial charge is 0.251 e. The molecule has 0 radical (unpaired) electrons. The molecule has 2 aliphatic rings. The van der Waals surface area contributed by atoms with Crippen LogP contribution in [0, 0.1) is 6.92 Å². The van der Waals surface area contributed by atoms with Crippen molar-refractivity contribution in [2.45, 2.75) is 71.0 Å². The summed E-state index contributed by atoms with van der Waals surface area (Å²) in [5, 5.41) is 0. The van der Waals surface area contributed by atoms with Crippen LogP contribution in [0.1, 0.15) is 67.3 Å². The molecule has 1 unspecified atom stereocenters. The Bertz CT molecular complexity index is 900. The summed E-state index contributed by atoms with van der Waals surface area (Å²) in [7, 11) is 0. The lowest BCUT2D eigenvalue weighted by Crippen LogP contribution is -2.51. The van der Waals surface area contributed by atoms with Crippen molar-refractivity contribution in [3.05, 3.63) is 70.8 Å². The molecular weight excluding hydrogens is 372 g/mol. The molecule has 0 saturated heterocycles. The maximum atomic E-state index is 13.9. The first-order valence-electron chi connectivity index (χ1n) is 11.3. The van der Waals surface area contributed by atoms with Crippen LogP contribution in [0.4, 0.5) is 0 Å². The van der Waals surface area contributed by atoms with E-state index in [1.54, 1.807) is 11.8 Å². The lowest BCUT2D eigenvalue weighted by Gasteiger charge is -2.41. The molecular formula is C26H32N2O2. The Morgan fingerprint density at radius 1 is 1.00 bits per heavy atom. The van der Waals surface area contributed by atoms with Gasteiger partial charge in [-0.1, -0.05) is 73.4 Å². The third-order valence-corrected chi connectivity index (χ3v) is 6.64. The van der Waals surface area contributed by atoms with Crippen molar-refractivity contribution >= 4 is 11.8 Å². The van der Waals surface area contributed by atoms with E-state index in [1.165, 1.54) is 23.1 Å². The van der Waals surface area contributed by atoms with E-state index in [1.807, 2.05) is 12.1 Å². The molecule has 4 nitrogen and oxygen atoms in total. The van der Waals surface area contributed by atoms with Gasteiger partial charge in [0, 0.05) is 26.1 Å². The molecule has 1 atom stereocenters. The number of imide groups is 1. The number of nitrogens with zero attached hydrogens (tertiary/aromatic N) is 2. The fraction of sp³-hybridized carbons (Fsp3) is 0.462. The Balaban J connectivity index is 1.67. The van der Waals surface area contributed by atoms with Crippen molar-refractivity contribution < 1.29 is 9.59 Å². The predicted octanol–water partition coefficient (Wildman–Crippen LogP) is 4.80. The molecule has 2 aromatic rings. The number of aryl methyl sites for hydroxylation is 1. The number of fused-ring (bicyclic) bond motifs is 1. The van der Waals surface area contributed by atoms with Crippen LogP contribution in [0.5, 0.6) is 0 Å². The second kappa shape index (κ2) is 9.13. The minimum atomic E-state index is -0.401. The predicted molar refractivity (Wildman–Crippen MR) is 119 cm³/mol. The number of carbonyl (C=O) groups is 2. The number of hydrogen-bond acceptors (Lipinski definition) is 3. The van der Waals surface area contributed by atoms with E-state index in [0.717, 1.165) is 44.2 Å². The maximum absolute atomic E-state index is 13.9. The Labute approximate surface area is 179 Å². The SMILES string of the molecule is CC(=O)N(C(=O)C1c2ccccc2CCN1Cc1ccc(C)cc1)C1CCCCC1. The van der Waals surface area contributed by atoms with Gasteiger partial charge in [0.05, 0.1) is 0 Å². The number of rotatable bonds is 4. The summed E-state index contributed by atoms with van der Waals surface area (Å²) >= 11 is 0. The van der Waals surface area contributed by atoms with Gasteiger partial charge < -0.3 is 0 Å². The summed E-state index contributed by atoms with van der Waals surface area (Å²) in [5.41, 5.74) is 4.71. The standard InChI is InChI=1S/C26H32N2O2/c1-19-12-14-21(15-13-19)18-27-17-16-22-8-6-7-11-24(22)25(27)26(30)28(20(2)29)23-9-4-3-5-10-23/h6-8,11-15,23,25H,3-5,9-10,16-18H2,1-2H3. The number of amides is 2. The van der Waals surface area contributed by atoms with Crippen LogP contribution < -0.4 is 0 Å². The summed E-state index contributed by atoms with van der Waals surface area (Å²) in [5.74, 6) is -0.168. The molecule has 4 rings (SSSR count). The minimum absolute atomic E-state index is 0.0408. The Morgan fingerprint density at radius 2 is 1.70 bits per heavy atom. The molecule has 1 fully saturated rings. The fourth-order valence-electron chi connectivity index (χ4n) is 5.07. The molecule has 1 aliphatic carbocycles. The lowest BCUT2D eigenvalue weighted by atomic mass is 9.89. The van der Waals surface area contributed by atoms with E-state index >= 15 is 0 Å². The van der Waals surface area contributed by atoms with Crippen molar-refractivity contribution in [3.63, 3.8) is 0 Å². The van der Waals surface area contributed by atoms with Gasteiger partial charge >= 0.3 is 0 Å². The molecule has 0 N–H and O–H groups in total. The first-order chi connectivity index (χ1) is 14.5. The van der Waals surface area contributed by atoms with Crippen LogP contribution in [-0.4, -0.2) is 34.2 Å². The quantitative estimate of drug-likeness (QED) is 0.735. The number of benzene rings is 2. The highest BCUT2D eigenvalue weighted by Crippen LogP contribution is 2.34. The van der Waals surface area contributed by atoms with Crippen molar-refractivity contribution in [2.24, 2.45) is 0 Å². The topological polar surface area (TPSA) is 40.6 Å². The van der Waals surface area contributed by atoms with Crippen LogP contribution in [-0.2, 0) is 22.6 Å². The van der Waals surface area contributed by atoms with Gasteiger partial charge in [0.1, 0.15) is 6.04 Å². The third kappa shape index (κ3) is 4.34. The number of hydrogen-bond donors (Lipinski definition) is 0. The summed E-state index contributed by atoms with van der Waals surface area (Å²) in [6.07, 6.45) is 6.17. The zero-order valence-corrected chi connectivity index (χ0v) is 18.1. The first kappa shape index (κ1) is 20.8. The van der Waals surface area contributed by atoms with E-state index in [9.17, 15) is 9.59 Å². The highest BCUT2D eigenvalue weighted by Gasteiger charge is 2.39. The molecule has 2 aromatic carbocycles. The molecule has 30 heavy (non-hydrogen) atoms. The van der Waals surface area contributed by atoms with Gasteiger partial charge in [-0.3, -0.25) is 19.4 Å². The molecule has 0 bridgehead atoms. The van der Waals surface area contributed by atoms with Crippen molar-refractivity contribution in [3.8, 4) is 0 Å². The van der Waals surface area contributed by atoms with Gasteiger partial charge in [0.2, 0.25) is 5.91 Å². The average molecular weight is 405 g/mol. The third-order valence-electron chi connectivity index (χ3n) is 6.64. The molecule has 158 valence electrons. The van der Waals surface area contributed by atoms with Crippen molar-refractivity contribution in [1.82, 2.24) is 9.80 Å². The molecule has 1 saturated carbocycles. The van der Waals surface area contributed by atoms with E-state index < -0.39 is 6.04 Å². The van der Waals surface area contributed by atoms with Gasteiger partial charge in [-0.15, -0.1) is 0 Å². The Kier molecular flexibility index (Phi) is 6.33. The minimum Gasteiger partial charge on any atom is -0.284 e. The van der Waals surface area contributed by atoms with Gasteiger partial charge in [0.25, 0.3) is 5.91 Å². The summed E-state index contributed by atoms with van der Waals surface area (Å²) in [6.45, 7) is 5.16. The Hall–Kier alpha value is -2.46. The van der Waals surface area contributed by atoms with Gasteiger partial charge in [0.15, 0.2) is 0 Å². The molecule has 2 amide bonds. The van der Waals surface area contributed by atoms with Crippen LogP contribution in [0.2, 0.25) is 0 Å². The lowest BCUT2D eigenvalue weighted by molar-refractivity contribution is -0.151. The molecule has 0 aromatic heterocycles. The average Bonchev–Trinajstić information content (AvgIpc) is 2.75. The highest BCUT2D eigenvalue weighted by molar-refractivity contribution is 5.98. The van der Waals surface area contributed by atoms with Gasteiger partial charge in [-0.2, -0.15) is 0 Å². The van der Waals surface area contributed by atoms with Gasteiger partial charge in [-0.25, -0.2) is 0 Å². The second-order valence-corrected chi connectivity index (χ2v) is 8.83. The number of carbonyl (C=O) groups excluding carboxylic acids is 2. The van der Waals surface area contributed by atoms with E-state index in [-0.39, 0.29) is 17.9 Å². The van der Waals surface area contributed by atoms with Crippen LogP contribution in [0.25, 0.3) is 0 Å². The van der Waals surface area contributed by atoms with E-state index in [0.29, 0.717) is 6.54 Å². The molecule has 1 heterocycles. The largest absolute Gasteiger partial charge is 0.284 e. The van der Waals surface area contributed by atoms with Crippen LogP contribution in [0.3, 0.4) is 0 Å². The van der Waals surface area contributed by atoms with Gasteiger partial charge in [-0.05, 0) is 42.9 Å². The zero-order chi connectivity index (χ0) is 21.1. The summed E-state index contributed by atoms with van der Waals surface area (Å²) < 4.78 is 0. The molecule has 4 heteroatoms. The van der Waals surface area contributed by atoms with E-state index in [4.69, 9.17) is 0 Å². The maximum Gasteiger partial charge on any atom is 0.251 e. The van der Waals surface area contributed by atoms with Crippen molar-refractivity contribution in [1.29, 1.82) is 0 Å². The molecule has 1 aliphatic heterocycles. The normalized spacial score (nSPS) is 19.9. The van der Waals surface area contributed by atoms with Crippen molar-refractivity contribution in [2.75, 3.05) is 6.54 Å². The summed E-state index contributed by atoms with van der Waals surface area (Å²) in [4.78, 5) is 30.4. The van der Waals surface area contributed by atoms with Crippen LogP contribution >= 0.6 is 0 Å². The Morgan fingerprint density at radius 3 is 2.40 bits per heavy atom. The highest BCUT2D eigenvalue weighted by atomic mass is 16.2. The molecule has 0 spiro atoms.